The summed E-state index contributed by atoms with van der Waals surface area (Å²) in [6.45, 7) is -3.66. The van der Waals surface area contributed by atoms with Gasteiger partial charge in [0.2, 0.25) is 10.0 Å². The molecule has 0 aromatic heterocycles. The second-order valence-corrected chi connectivity index (χ2v) is 8.18. The summed E-state index contributed by atoms with van der Waals surface area (Å²) >= 11 is 0. The number of amides is 1. The first-order chi connectivity index (χ1) is 14.1. The number of piperazine rings is 1. The Balaban J connectivity index is 1.72. The van der Waals surface area contributed by atoms with Crippen molar-refractivity contribution in [3.8, 4) is 5.75 Å². The van der Waals surface area contributed by atoms with E-state index in [0.717, 1.165) is 10.4 Å². The van der Waals surface area contributed by atoms with Crippen LogP contribution in [0, 0.1) is 17.5 Å². The predicted octanol–water partition coefficient (Wildman–Crippen LogP) is 2.85. The number of rotatable bonds is 5. The molecule has 0 N–H and O–H groups in total. The summed E-state index contributed by atoms with van der Waals surface area (Å²) in [7, 11) is -4.46. The molecule has 0 aliphatic carbocycles. The first kappa shape index (κ1) is 22.0. The summed E-state index contributed by atoms with van der Waals surface area (Å²) < 4.78 is 95.3. The molecular formula is C18H15F5N2O4S. The van der Waals surface area contributed by atoms with E-state index >= 15 is 0 Å². The van der Waals surface area contributed by atoms with Crippen molar-refractivity contribution in [1.82, 2.24) is 9.21 Å². The lowest BCUT2D eigenvalue weighted by Crippen LogP contribution is -2.50. The molecule has 0 spiro atoms. The van der Waals surface area contributed by atoms with Crippen molar-refractivity contribution >= 4 is 15.9 Å². The van der Waals surface area contributed by atoms with Gasteiger partial charge in [-0.3, -0.25) is 4.79 Å². The molecule has 0 radical (unpaired) electrons. The van der Waals surface area contributed by atoms with Crippen LogP contribution in [0.1, 0.15) is 10.4 Å². The highest BCUT2D eigenvalue weighted by Crippen LogP contribution is 2.24. The maximum Gasteiger partial charge on any atom is 0.387 e. The Labute approximate surface area is 168 Å². The summed E-state index contributed by atoms with van der Waals surface area (Å²) in [4.78, 5) is 12.8. The van der Waals surface area contributed by atoms with Crippen LogP contribution in [0.5, 0.6) is 5.75 Å². The van der Waals surface area contributed by atoms with Crippen molar-refractivity contribution in [2.45, 2.75) is 11.5 Å². The fourth-order valence-corrected chi connectivity index (χ4v) is 4.44. The Kier molecular flexibility index (Phi) is 6.27. The molecular weight excluding hydrogens is 435 g/mol. The number of hydrogen-bond acceptors (Lipinski definition) is 4. The number of sulfonamides is 1. The number of carbonyl (C=O) groups is 1. The van der Waals surface area contributed by atoms with Crippen molar-refractivity contribution in [2.24, 2.45) is 0 Å². The van der Waals surface area contributed by atoms with Gasteiger partial charge in [-0.15, -0.1) is 0 Å². The standard InChI is InChI=1S/C18H15F5N2O4S/c19-13-4-5-14(16(21)15(13)20)30(27,28)25-8-6-24(7-9-25)17(26)11-2-1-3-12(10-11)29-18(22)23/h1-5,10,18H,6-9H2. The zero-order chi connectivity index (χ0) is 22.1. The summed E-state index contributed by atoms with van der Waals surface area (Å²) in [5.41, 5.74) is 0.0658. The molecule has 1 amide bonds. The molecule has 0 atom stereocenters. The molecule has 12 heteroatoms. The quantitative estimate of drug-likeness (QED) is 0.519. The van der Waals surface area contributed by atoms with Crippen molar-refractivity contribution in [3.63, 3.8) is 0 Å². The van der Waals surface area contributed by atoms with Gasteiger partial charge >= 0.3 is 6.61 Å². The third kappa shape index (κ3) is 4.38. The van der Waals surface area contributed by atoms with E-state index in [1.54, 1.807) is 0 Å². The van der Waals surface area contributed by atoms with Crippen LogP contribution in [-0.2, 0) is 10.0 Å². The average molecular weight is 450 g/mol. The highest BCUT2D eigenvalue weighted by atomic mass is 32.2. The number of alkyl halides is 2. The Morgan fingerprint density at radius 1 is 0.967 bits per heavy atom. The molecule has 1 aliphatic heterocycles. The molecule has 1 fully saturated rings. The maximum atomic E-state index is 13.9. The van der Waals surface area contributed by atoms with E-state index in [1.165, 1.54) is 23.1 Å². The monoisotopic (exact) mass is 450 g/mol. The second kappa shape index (κ2) is 8.56. The van der Waals surface area contributed by atoms with Crippen molar-refractivity contribution in [2.75, 3.05) is 26.2 Å². The van der Waals surface area contributed by atoms with Gasteiger partial charge in [-0.05, 0) is 30.3 Å². The normalized spacial score (nSPS) is 15.5. The largest absolute Gasteiger partial charge is 0.435 e. The summed E-state index contributed by atoms with van der Waals surface area (Å²) in [6, 6.07) is 6.28. The Morgan fingerprint density at radius 3 is 2.27 bits per heavy atom. The van der Waals surface area contributed by atoms with E-state index in [0.29, 0.717) is 12.1 Å². The van der Waals surface area contributed by atoms with Crippen molar-refractivity contribution in [1.29, 1.82) is 0 Å². The molecule has 1 heterocycles. The number of halogens is 5. The van der Waals surface area contributed by atoms with E-state index in [2.05, 4.69) is 4.74 Å². The van der Waals surface area contributed by atoms with Gasteiger partial charge in [0.15, 0.2) is 17.5 Å². The molecule has 2 aromatic rings. The summed E-state index contributed by atoms with van der Waals surface area (Å²) in [5.74, 6) is -5.96. The predicted molar refractivity (Wildman–Crippen MR) is 94.1 cm³/mol. The van der Waals surface area contributed by atoms with Gasteiger partial charge in [0.25, 0.3) is 5.91 Å². The molecule has 2 aromatic carbocycles. The highest BCUT2D eigenvalue weighted by Gasteiger charge is 2.33. The third-order valence-electron chi connectivity index (χ3n) is 4.45. The lowest BCUT2D eigenvalue weighted by Gasteiger charge is -2.34. The van der Waals surface area contributed by atoms with Gasteiger partial charge in [0, 0.05) is 31.7 Å². The van der Waals surface area contributed by atoms with E-state index < -0.39 is 44.9 Å². The minimum absolute atomic E-state index is 0.0658. The summed E-state index contributed by atoms with van der Waals surface area (Å²) in [6.07, 6.45) is 0. The Hall–Kier alpha value is -2.73. The Morgan fingerprint density at radius 2 is 1.63 bits per heavy atom. The molecule has 3 rings (SSSR count). The third-order valence-corrected chi connectivity index (χ3v) is 6.37. The van der Waals surface area contributed by atoms with Crippen LogP contribution in [0.4, 0.5) is 22.0 Å². The molecule has 0 bridgehead atoms. The smallest absolute Gasteiger partial charge is 0.387 e. The molecule has 0 unspecified atom stereocenters. The van der Waals surface area contributed by atoms with Crippen LogP contribution in [-0.4, -0.2) is 56.3 Å². The van der Waals surface area contributed by atoms with Crippen LogP contribution in [0.25, 0.3) is 0 Å². The highest BCUT2D eigenvalue weighted by molar-refractivity contribution is 7.89. The number of ether oxygens (including phenoxy) is 1. The van der Waals surface area contributed by atoms with E-state index in [4.69, 9.17) is 0 Å². The van der Waals surface area contributed by atoms with Gasteiger partial charge in [-0.25, -0.2) is 21.6 Å². The zero-order valence-electron chi connectivity index (χ0n) is 15.2. The van der Waals surface area contributed by atoms with Crippen LogP contribution in [0.2, 0.25) is 0 Å². The average Bonchev–Trinajstić information content (AvgIpc) is 2.71. The molecule has 162 valence electrons. The number of benzene rings is 2. The lowest BCUT2D eigenvalue weighted by molar-refractivity contribution is -0.0499. The second-order valence-electron chi connectivity index (χ2n) is 6.28. The van der Waals surface area contributed by atoms with Gasteiger partial charge < -0.3 is 9.64 Å². The topological polar surface area (TPSA) is 66.9 Å². The molecule has 30 heavy (non-hydrogen) atoms. The minimum atomic E-state index is -4.46. The maximum absolute atomic E-state index is 13.9. The zero-order valence-corrected chi connectivity index (χ0v) is 16.0. The fourth-order valence-electron chi connectivity index (χ4n) is 2.97. The number of carbonyl (C=O) groups excluding carboxylic acids is 1. The number of hydrogen-bond donors (Lipinski definition) is 0. The fraction of sp³-hybridized carbons (Fsp3) is 0.278. The molecule has 1 aliphatic rings. The van der Waals surface area contributed by atoms with Crippen LogP contribution in [0.3, 0.4) is 0 Å². The molecule has 6 nitrogen and oxygen atoms in total. The molecule has 1 saturated heterocycles. The van der Waals surface area contributed by atoms with Crippen LogP contribution >= 0.6 is 0 Å². The first-order valence-corrected chi connectivity index (χ1v) is 10.0. The molecule has 0 saturated carbocycles. The Bertz CT molecular complexity index is 1060. The van der Waals surface area contributed by atoms with Gasteiger partial charge in [0.1, 0.15) is 10.6 Å². The van der Waals surface area contributed by atoms with E-state index in [1.807, 2.05) is 0 Å². The van der Waals surface area contributed by atoms with E-state index in [-0.39, 0.29) is 37.5 Å². The number of nitrogens with zero attached hydrogens (tertiary/aromatic N) is 2. The van der Waals surface area contributed by atoms with Crippen molar-refractivity contribution in [3.05, 3.63) is 59.4 Å². The van der Waals surface area contributed by atoms with Gasteiger partial charge in [-0.1, -0.05) is 6.07 Å². The first-order valence-electron chi connectivity index (χ1n) is 8.59. The summed E-state index contributed by atoms with van der Waals surface area (Å²) in [5, 5.41) is 0. The van der Waals surface area contributed by atoms with Gasteiger partial charge in [0.05, 0.1) is 0 Å². The SMILES string of the molecule is O=C(c1cccc(OC(F)F)c1)N1CCN(S(=O)(=O)c2ccc(F)c(F)c2F)CC1. The van der Waals surface area contributed by atoms with Crippen LogP contribution < -0.4 is 4.74 Å². The van der Waals surface area contributed by atoms with E-state index in [9.17, 15) is 35.2 Å². The van der Waals surface area contributed by atoms with Gasteiger partial charge in [-0.2, -0.15) is 13.1 Å². The van der Waals surface area contributed by atoms with Crippen molar-refractivity contribution < 1.29 is 39.9 Å². The minimum Gasteiger partial charge on any atom is -0.435 e. The lowest BCUT2D eigenvalue weighted by atomic mass is 10.1. The van der Waals surface area contributed by atoms with Crippen LogP contribution in [0.15, 0.2) is 41.3 Å².